The fraction of sp³-hybridized carbons (Fsp3) is 0.421. The first-order chi connectivity index (χ1) is 13.0. The van der Waals surface area contributed by atoms with Crippen molar-refractivity contribution >= 4 is 23.3 Å². The molecular weight excluding hydrogens is 368 g/mol. The fourth-order valence-electron chi connectivity index (χ4n) is 3.02. The highest BCUT2D eigenvalue weighted by Crippen LogP contribution is 2.26. The topological polar surface area (TPSA) is 67.8 Å². The van der Waals surface area contributed by atoms with Gasteiger partial charge < -0.3 is 19.3 Å². The molecule has 1 atom stereocenters. The van der Waals surface area contributed by atoms with Crippen LogP contribution in [0.3, 0.4) is 0 Å². The van der Waals surface area contributed by atoms with Crippen molar-refractivity contribution in [3.05, 3.63) is 40.9 Å². The number of nitrogens with zero attached hydrogens (tertiary/aromatic N) is 4. The van der Waals surface area contributed by atoms with Crippen molar-refractivity contribution in [2.24, 2.45) is 0 Å². The van der Waals surface area contributed by atoms with E-state index in [1.807, 2.05) is 25.1 Å². The zero-order valence-corrected chi connectivity index (χ0v) is 16.4. The van der Waals surface area contributed by atoms with Crippen molar-refractivity contribution in [2.75, 3.05) is 39.2 Å². The van der Waals surface area contributed by atoms with Crippen LogP contribution in [0.4, 0.5) is 5.82 Å². The van der Waals surface area contributed by atoms with Gasteiger partial charge >= 0.3 is 0 Å². The van der Waals surface area contributed by atoms with Crippen LogP contribution in [0.2, 0.25) is 5.02 Å². The standard InChI is InChI=1S/C19H23ClN4O3/c1-23(2)17-8-9-18(22-21-17)27-14-5-4-10-24(12-14)19(25)15-11-13(20)6-7-16(15)26-3/h6-9,11,14H,4-5,10,12H2,1-3H3. The number of benzene rings is 1. The normalized spacial score (nSPS) is 16.7. The monoisotopic (exact) mass is 390 g/mol. The van der Waals surface area contributed by atoms with E-state index in [2.05, 4.69) is 10.2 Å². The van der Waals surface area contributed by atoms with E-state index in [-0.39, 0.29) is 12.0 Å². The number of rotatable bonds is 5. The second kappa shape index (κ2) is 8.43. The molecule has 0 saturated carbocycles. The van der Waals surface area contributed by atoms with Crippen molar-refractivity contribution in [3.8, 4) is 11.6 Å². The number of ether oxygens (including phenoxy) is 2. The van der Waals surface area contributed by atoms with Gasteiger partial charge in [0.2, 0.25) is 5.88 Å². The minimum atomic E-state index is -0.132. The molecule has 1 aliphatic heterocycles. The van der Waals surface area contributed by atoms with Gasteiger partial charge in [0, 0.05) is 31.7 Å². The van der Waals surface area contributed by atoms with Gasteiger partial charge in [0.1, 0.15) is 11.9 Å². The second-order valence-electron chi connectivity index (χ2n) is 6.60. The molecule has 144 valence electrons. The summed E-state index contributed by atoms with van der Waals surface area (Å²) in [5, 5.41) is 8.72. The third-order valence-electron chi connectivity index (χ3n) is 4.43. The van der Waals surface area contributed by atoms with Gasteiger partial charge in [0.25, 0.3) is 5.91 Å². The van der Waals surface area contributed by atoms with Gasteiger partial charge in [-0.2, -0.15) is 0 Å². The average Bonchev–Trinajstić information content (AvgIpc) is 2.68. The number of hydrogen-bond donors (Lipinski definition) is 0. The predicted molar refractivity (Wildman–Crippen MR) is 104 cm³/mol. The number of likely N-dealkylation sites (tertiary alicyclic amines) is 1. The SMILES string of the molecule is COc1ccc(Cl)cc1C(=O)N1CCCC(Oc2ccc(N(C)C)nn2)C1. The maximum absolute atomic E-state index is 12.9. The Morgan fingerprint density at radius 2 is 2.07 bits per heavy atom. The van der Waals surface area contributed by atoms with Crippen molar-refractivity contribution in [3.63, 3.8) is 0 Å². The van der Waals surface area contributed by atoms with Gasteiger partial charge in [-0.3, -0.25) is 4.79 Å². The van der Waals surface area contributed by atoms with Crippen LogP contribution in [0.25, 0.3) is 0 Å². The van der Waals surface area contributed by atoms with Crippen molar-refractivity contribution in [2.45, 2.75) is 18.9 Å². The van der Waals surface area contributed by atoms with E-state index in [1.54, 1.807) is 29.2 Å². The van der Waals surface area contributed by atoms with Crippen LogP contribution in [0.15, 0.2) is 30.3 Å². The van der Waals surface area contributed by atoms with Gasteiger partial charge in [-0.15, -0.1) is 10.2 Å². The molecule has 1 unspecified atom stereocenters. The molecule has 1 aliphatic rings. The van der Waals surface area contributed by atoms with Crippen molar-refractivity contribution in [1.82, 2.24) is 15.1 Å². The lowest BCUT2D eigenvalue weighted by atomic mass is 10.1. The molecule has 7 nitrogen and oxygen atoms in total. The summed E-state index contributed by atoms with van der Waals surface area (Å²) >= 11 is 6.06. The van der Waals surface area contributed by atoms with E-state index < -0.39 is 0 Å². The maximum atomic E-state index is 12.9. The Morgan fingerprint density at radius 3 is 2.74 bits per heavy atom. The molecule has 0 aliphatic carbocycles. The number of aromatic nitrogens is 2. The number of anilines is 1. The first-order valence-electron chi connectivity index (χ1n) is 8.78. The summed E-state index contributed by atoms with van der Waals surface area (Å²) in [4.78, 5) is 16.6. The molecule has 2 aromatic rings. The van der Waals surface area contributed by atoms with E-state index >= 15 is 0 Å². The summed E-state index contributed by atoms with van der Waals surface area (Å²) in [6, 6.07) is 8.69. The van der Waals surface area contributed by atoms with E-state index in [4.69, 9.17) is 21.1 Å². The third-order valence-corrected chi connectivity index (χ3v) is 4.66. The first-order valence-corrected chi connectivity index (χ1v) is 9.16. The molecule has 1 amide bonds. The van der Waals surface area contributed by atoms with Crippen LogP contribution in [0.5, 0.6) is 11.6 Å². The minimum Gasteiger partial charge on any atom is -0.496 e. The molecule has 3 rings (SSSR count). The highest BCUT2D eigenvalue weighted by Gasteiger charge is 2.27. The molecule has 1 fully saturated rings. The Hall–Kier alpha value is -2.54. The molecule has 1 aromatic carbocycles. The summed E-state index contributed by atoms with van der Waals surface area (Å²) in [7, 11) is 5.34. The van der Waals surface area contributed by atoms with E-state index in [9.17, 15) is 4.79 Å². The maximum Gasteiger partial charge on any atom is 0.257 e. The van der Waals surface area contributed by atoms with Crippen LogP contribution >= 0.6 is 11.6 Å². The molecule has 0 bridgehead atoms. The first kappa shape index (κ1) is 19.2. The van der Waals surface area contributed by atoms with E-state index in [1.165, 1.54) is 7.11 Å². The number of carbonyl (C=O) groups is 1. The lowest BCUT2D eigenvalue weighted by molar-refractivity contribution is 0.0523. The Morgan fingerprint density at radius 1 is 1.26 bits per heavy atom. The molecular formula is C19H23ClN4O3. The van der Waals surface area contributed by atoms with Gasteiger partial charge in [-0.25, -0.2) is 0 Å². The minimum absolute atomic E-state index is 0.114. The number of hydrogen-bond acceptors (Lipinski definition) is 6. The molecule has 0 N–H and O–H groups in total. The summed E-state index contributed by atoms with van der Waals surface area (Å²) in [6.07, 6.45) is 1.57. The lowest BCUT2D eigenvalue weighted by Crippen LogP contribution is -2.44. The van der Waals surface area contributed by atoms with Gasteiger partial charge in [0.05, 0.1) is 19.2 Å². The highest BCUT2D eigenvalue weighted by atomic mass is 35.5. The largest absolute Gasteiger partial charge is 0.496 e. The van der Waals surface area contributed by atoms with Crippen LogP contribution in [0, 0.1) is 0 Å². The van der Waals surface area contributed by atoms with E-state index in [0.29, 0.717) is 35.3 Å². The van der Waals surface area contributed by atoms with Crippen LogP contribution in [0.1, 0.15) is 23.2 Å². The Balaban J connectivity index is 1.68. The Bertz CT molecular complexity index is 798. The van der Waals surface area contributed by atoms with Crippen LogP contribution in [-0.2, 0) is 0 Å². The van der Waals surface area contributed by atoms with E-state index in [0.717, 1.165) is 18.7 Å². The third kappa shape index (κ3) is 4.60. The summed E-state index contributed by atoms with van der Waals surface area (Å²) in [5.74, 6) is 1.62. The summed E-state index contributed by atoms with van der Waals surface area (Å²) in [6.45, 7) is 1.14. The molecule has 8 heteroatoms. The summed E-state index contributed by atoms with van der Waals surface area (Å²) < 4.78 is 11.2. The Labute approximate surface area is 163 Å². The zero-order chi connectivity index (χ0) is 19.4. The predicted octanol–water partition coefficient (Wildman–Crippen LogP) is 2.89. The molecule has 27 heavy (non-hydrogen) atoms. The second-order valence-corrected chi connectivity index (χ2v) is 7.04. The van der Waals surface area contributed by atoms with Gasteiger partial charge in [-0.05, 0) is 37.1 Å². The van der Waals surface area contributed by atoms with Crippen molar-refractivity contribution < 1.29 is 14.3 Å². The number of methoxy groups -OCH3 is 1. The van der Waals surface area contributed by atoms with Gasteiger partial charge in [0.15, 0.2) is 5.82 Å². The number of amides is 1. The fourth-order valence-corrected chi connectivity index (χ4v) is 3.19. The number of carbonyl (C=O) groups excluding carboxylic acids is 1. The molecule has 1 saturated heterocycles. The van der Waals surface area contributed by atoms with Gasteiger partial charge in [-0.1, -0.05) is 11.6 Å². The smallest absolute Gasteiger partial charge is 0.257 e. The summed E-state index contributed by atoms with van der Waals surface area (Å²) in [5.41, 5.74) is 0.459. The number of halogens is 1. The molecule has 2 heterocycles. The average molecular weight is 391 g/mol. The number of piperidine rings is 1. The lowest BCUT2D eigenvalue weighted by Gasteiger charge is -2.33. The molecule has 0 radical (unpaired) electrons. The van der Waals surface area contributed by atoms with Crippen molar-refractivity contribution in [1.29, 1.82) is 0 Å². The zero-order valence-electron chi connectivity index (χ0n) is 15.7. The molecule has 1 aromatic heterocycles. The van der Waals surface area contributed by atoms with Crippen LogP contribution in [-0.4, -0.2) is 61.4 Å². The van der Waals surface area contributed by atoms with Crippen LogP contribution < -0.4 is 14.4 Å². The quantitative estimate of drug-likeness (QED) is 0.782. The molecule has 0 spiro atoms. The highest BCUT2D eigenvalue weighted by molar-refractivity contribution is 6.31. The Kier molecular flexibility index (Phi) is 6.01.